The molecule has 3 rings (SSSR count). The number of benzene rings is 1. The van der Waals surface area contributed by atoms with E-state index in [1.54, 1.807) is 0 Å². The van der Waals surface area contributed by atoms with Crippen LogP contribution in [0.4, 0.5) is 0 Å². The number of nitrogens with zero attached hydrogens (tertiary/aromatic N) is 4. The minimum Gasteiger partial charge on any atom is -0.392 e. The fourth-order valence-corrected chi connectivity index (χ4v) is 3.63. The second kappa shape index (κ2) is 7.55. The molecule has 1 saturated heterocycles. The van der Waals surface area contributed by atoms with Crippen molar-refractivity contribution < 1.29 is 5.11 Å². The lowest BCUT2D eigenvalue weighted by Gasteiger charge is -2.41. The molecule has 0 aliphatic carbocycles. The first-order valence-electron chi connectivity index (χ1n) is 8.93. The molecule has 1 fully saturated rings. The van der Waals surface area contributed by atoms with Gasteiger partial charge in [-0.2, -0.15) is 0 Å². The van der Waals surface area contributed by atoms with Gasteiger partial charge in [-0.05, 0) is 26.3 Å². The number of rotatable bonds is 5. The number of piperazine rings is 1. The second-order valence-corrected chi connectivity index (χ2v) is 6.88. The number of aryl methyl sites for hydroxylation is 1. The largest absolute Gasteiger partial charge is 0.392 e. The molecule has 0 radical (unpaired) electrons. The Balaban J connectivity index is 1.70. The van der Waals surface area contributed by atoms with Gasteiger partial charge in [-0.25, -0.2) is 9.97 Å². The summed E-state index contributed by atoms with van der Waals surface area (Å²) in [7, 11) is 0. The molecule has 1 aromatic heterocycles. The van der Waals surface area contributed by atoms with Crippen LogP contribution < -0.4 is 0 Å². The molecule has 0 amide bonds. The van der Waals surface area contributed by atoms with Gasteiger partial charge in [0.1, 0.15) is 5.82 Å². The number of fused-ring (bicyclic) bond motifs is 1. The van der Waals surface area contributed by atoms with Crippen LogP contribution in [0.2, 0.25) is 0 Å². The van der Waals surface area contributed by atoms with Crippen LogP contribution in [0.3, 0.4) is 0 Å². The van der Waals surface area contributed by atoms with Gasteiger partial charge in [-0.15, -0.1) is 0 Å². The van der Waals surface area contributed by atoms with Gasteiger partial charge in [0.25, 0.3) is 0 Å². The summed E-state index contributed by atoms with van der Waals surface area (Å²) >= 11 is 0. The highest BCUT2D eigenvalue weighted by Crippen LogP contribution is 2.18. The number of para-hydroxylation sites is 1. The van der Waals surface area contributed by atoms with Gasteiger partial charge >= 0.3 is 0 Å². The molecule has 1 aliphatic rings. The molecule has 130 valence electrons. The number of aliphatic hydroxyl groups excluding tert-OH is 1. The lowest BCUT2D eigenvalue weighted by Crippen LogP contribution is -2.54. The molecule has 0 saturated carbocycles. The van der Waals surface area contributed by atoms with Crippen LogP contribution in [0.5, 0.6) is 0 Å². The fraction of sp³-hybridized carbons (Fsp3) is 0.579. The quantitative estimate of drug-likeness (QED) is 0.912. The Hall–Kier alpha value is -1.56. The maximum Gasteiger partial charge on any atom is 0.143 e. The van der Waals surface area contributed by atoms with Crippen molar-refractivity contribution in [1.29, 1.82) is 0 Å². The van der Waals surface area contributed by atoms with Crippen molar-refractivity contribution in [3.8, 4) is 0 Å². The first-order chi connectivity index (χ1) is 11.6. The Labute approximate surface area is 144 Å². The van der Waals surface area contributed by atoms with Gasteiger partial charge in [0.2, 0.25) is 0 Å². The molecule has 1 aromatic carbocycles. The van der Waals surface area contributed by atoms with Gasteiger partial charge in [0.05, 0.1) is 18.2 Å². The minimum absolute atomic E-state index is 0.267. The second-order valence-electron chi connectivity index (χ2n) is 6.88. The highest BCUT2D eigenvalue weighted by atomic mass is 16.3. The summed E-state index contributed by atoms with van der Waals surface area (Å²) < 4.78 is 0. The number of aliphatic hydroxyl groups is 1. The molecule has 2 heterocycles. The van der Waals surface area contributed by atoms with E-state index in [-0.39, 0.29) is 6.10 Å². The molecule has 0 spiro atoms. The molecule has 2 aromatic rings. The maximum absolute atomic E-state index is 9.67. The summed E-state index contributed by atoms with van der Waals surface area (Å²) in [6.45, 7) is 10.7. The number of hydrogen-bond acceptors (Lipinski definition) is 5. The van der Waals surface area contributed by atoms with Gasteiger partial charge in [0, 0.05) is 43.3 Å². The normalized spacial score (nSPS) is 21.2. The Morgan fingerprint density at radius 2 is 2.04 bits per heavy atom. The van der Waals surface area contributed by atoms with Crippen molar-refractivity contribution in [1.82, 2.24) is 19.8 Å². The fourth-order valence-electron chi connectivity index (χ4n) is 3.63. The Bertz CT molecular complexity index is 688. The molecular formula is C19H28N4O. The van der Waals surface area contributed by atoms with Gasteiger partial charge < -0.3 is 5.11 Å². The van der Waals surface area contributed by atoms with E-state index < -0.39 is 0 Å². The van der Waals surface area contributed by atoms with E-state index in [1.165, 1.54) is 0 Å². The van der Waals surface area contributed by atoms with E-state index in [0.717, 1.165) is 61.6 Å². The Morgan fingerprint density at radius 3 is 2.79 bits per heavy atom. The average Bonchev–Trinajstić information content (AvgIpc) is 2.56. The van der Waals surface area contributed by atoms with Crippen LogP contribution >= 0.6 is 0 Å². The molecule has 5 heteroatoms. The average molecular weight is 328 g/mol. The van der Waals surface area contributed by atoms with E-state index in [1.807, 2.05) is 19.1 Å². The summed E-state index contributed by atoms with van der Waals surface area (Å²) in [4.78, 5) is 14.3. The van der Waals surface area contributed by atoms with E-state index in [4.69, 9.17) is 9.97 Å². The SMILES string of the molecule is CC[C@@H]1CN(Cc2nc(C)c3ccccc3n2)CCN1C[C@H](C)O. The van der Waals surface area contributed by atoms with Gasteiger partial charge in [-0.3, -0.25) is 9.80 Å². The highest BCUT2D eigenvalue weighted by molar-refractivity contribution is 5.80. The predicted octanol–water partition coefficient (Wildman–Crippen LogP) is 2.22. The summed E-state index contributed by atoms with van der Waals surface area (Å²) in [5.74, 6) is 0.907. The van der Waals surface area contributed by atoms with Crippen molar-refractivity contribution in [2.24, 2.45) is 0 Å². The maximum atomic E-state index is 9.67. The summed E-state index contributed by atoms with van der Waals surface area (Å²) in [5, 5.41) is 10.8. The molecule has 1 aliphatic heterocycles. The third-order valence-electron chi connectivity index (χ3n) is 4.86. The summed E-state index contributed by atoms with van der Waals surface area (Å²) in [6.07, 6.45) is 0.831. The topological polar surface area (TPSA) is 52.5 Å². The van der Waals surface area contributed by atoms with E-state index >= 15 is 0 Å². The smallest absolute Gasteiger partial charge is 0.143 e. The molecule has 24 heavy (non-hydrogen) atoms. The number of β-amino-alcohol motifs (C(OH)–C–C–N with tert-alkyl or cyclic N) is 1. The van der Waals surface area contributed by atoms with Crippen LogP contribution in [-0.2, 0) is 6.54 Å². The Kier molecular flexibility index (Phi) is 5.43. The van der Waals surface area contributed by atoms with E-state index in [2.05, 4.69) is 35.8 Å². The van der Waals surface area contributed by atoms with Crippen LogP contribution in [0, 0.1) is 6.92 Å². The standard InChI is InChI=1S/C19H28N4O/c1-4-16-12-22(9-10-23(16)11-14(2)24)13-19-20-15(3)17-7-5-6-8-18(17)21-19/h5-8,14,16,24H,4,9-13H2,1-3H3/t14-,16+/m0/s1. The Morgan fingerprint density at radius 1 is 1.25 bits per heavy atom. The van der Waals surface area contributed by atoms with E-state index in [9.17, 15) is 5.11 Å². The van der Waals surface area contributed by atoms with Crippen LogP contribution in [-0.4, -0.2) is 63.2 Å². The van der Waals surface area contributed by atoms with E-state index in [0.29, 0.717) is 6.04 Å². The zero-order valence-corrected chi connectivity index (χ0v) is 14.9. The van der Waals surface area contributed by atoms with Crippen molar-refractivity contribution >= 4 is 10.9 Å². The van der Waals surface area contributed by atoms with Crippen molar-refractivity contribution in [2.45, 2.75) is 45.9 Å². The monoisotopic (exact) mass is 328 g/mol. The zero-order chi connectivity index (χ0) is 17.1. The number of aromatic nitrogens is 2. The zero-order valence-electron chi connectivity index (χ0n) is 14.9. The van der Waals surface area contributed by atoms with Crippen molar-refractivity contribution in [3.05, 3.63) is 35.8 Å². The lowest BCUT2D eigenvalue weighted by atomic mass is 10.1. The summed E-state index contributed by atoms with van der Waals surface area (Å²) in [5.41, 5.74) is 2.08. The van der Waals surface area contributed by atoms with Crippen LogP contribution in [0.1, 0.15) is 31.8 Å². The third-order valence-corrected chi connectivity index (χ3v) is 4.86. The first-order valence-corrected chi connectivity index (χ1v) is 8.93. The molecule has 0 bridgehead atoms. The van der Waals surface area contributed by atoms with Crippen LogP contribution in [0.15, 0.2) is 24.3 Å². The third kappa shape index (κ3) is 3.91. The first kappa shape index (κ1) is 17.3. The highest BCUT2D eigenvalue weighted by Gasteiger charge is 2.26. The molecule has 5 nitrogen and oxygen atoms in total. The molecule has 0 unspecified atom stereocenters. The van der Waals surface area contributed by atoms with Crippen molar-refractivity contribution in [3.63, 3.8) is 0 Å². The minimum atomic E-state index is -0.267. The number of hydrogen-bond donors (Lipinski definition) is 1. The predicted molar refractivity (Wildman–Crippen MR) is 96.9 cm³/mol. The van der Waals surface area contributed by atoms with Crippen molar-refractivity contribution in [2.75, 3.05) is 26.2 Å². The lowest BCUT2D eigenvalue weighted by molar-refractivity contribution is 0.0329. The molecular weight excluding hydrogens is 300 g/mol. The molecule has 2 atom stereocenters. The summed E-state index contributed by atoms with van der Waals surface area (Å²) in [6, 6.07) is 8.70. The van der Waals surface area contributed by atoms with Gasteiger partial charge in [0.15, 0.2) is 0 Å². The van der Waals surface area contributed by atoms with Crippen LogP contribution in [0.25, 0.3) is 10.9 Å². The molecule has 1 N–H and O–H groups in total. The van der Waals surface area contributed by atoms with Gasteiger partial charge in [-0.1, -0.05) is 25.1 Å².